The van der Waals surface area contributed by atoms with Gasteiger partial charge in [-0.1, -0.05) is 0 Å². The SMILES string of the molecule is CC(=O)N1CCc2nc([C@H]3CCN(C(=O)COc4ccc(F)cc4)C3)ncc2C1. The van der Waals surface area contributed by atoms with Crippen LogP contribution in [0.4, 0.5) is 4.39 Å². The van der Waals surface area contributed by atoms with E-state index in [2.05, 4.69) is 4.98 Å². The maximum atomic E-state index is 12.9. The average molecular weight is 398 g/mol. The Morgan fingerprint density at radius 1 is 1.21 bits per heavy atom. The normalized spacial score (nSPS) is 18.5. The van der Waals surface area contributed by atoms with Gasteiger partial charge in [0.15, 0.2) is 6.61 Å². The Hall–Kier alpha value is -3.03. The number of amides is 2. The second-order valence-corrected chi connectivity index (χ2v) is 7.46. The minimum Gasteiger partial charge on any atom is -0.484 e. The van der Waals surface area contributed by atoms with Crippen LogP contribution in [-0.4, -0.2) is 57.8 Å². The molecule has 0 aliphatic carbocycles. The van der Waals surface area contributed by atoms with Gasteiger partial charge < -0.3 is 14.5 Å². The second-order valence-electron chi connectivity index (χ2n) is 7.46. The van der Waals surface area contributed by atoms with Crippen LogP contribution in [0.3, 0.4) is 0 Å². The highest BCUT2D eigenvalue weighted by atomic mass is 19.1. The molecule has 1 atom stereocenters. The zero-order chi connectivity index (χ0) is 20.4. The first kappa shape index (κ1) is 19.3. The van der Waals surface area contributed by atoms with E-state index >= 15 is 0 Å². The summed E-state index contributed by atoms with van der Waals surface area (Å²) < 4.78 is 18.4. The Kier molecular flexibility index (Phi) is 5.42. The maximum absolute atomic E-state index is 12.9. The number of rotatable bonds is 4. The molecule has 0 radical (unpaired) electrons. The molecule has 2 amide bonds. The molecule has 8 heteroatoms. The fourth-order valence-electron chi connectivity index (χ4n) is 3.76. The van der Waals surface area contributed by atoms with Crippen LogP contribution in [0.5, 0.6) is 5.75 Å². The van der Waals surface area contributed by atoms with Crippen LogP contribution in [0, 0.1) is 5.82 Å². The molecule has 1 aromatic carbocycles. The summed E-state index contributed by atoms with van der Waals surface area (Å²) in [5.41, 5.74) is 1.99. The molecule has 0 saturated carbocycles. The summed E-state index contributed by atoms with van der Waals surface area (Å²) in [6.45, 7) is 3.92. The number of fused-ring (bicyclic) bond motifs is 1. The van der Waals surface area contributed by atoms with Gasteiger partial charge in [-0.05, 0) is 30.7 Å². The molecular weight excluding hydrogens is 375 g/mol. The molecule has 1 fully saturated rings. The van der Waals surface area contributed by atoms with Crippen molar-refractivity contribution in [1.29, 1.82) is 0 Å². The van der Waals surface area contributed by atoms with E-state index in [-0.39, 0.29) is 30.2 Å². The highest BCUT2D eigenvalue weighted by Gasteiger charge is 2.30. The molecule has 0 N–H and O–H groups in total. The number of hydrogen-bond acceptors (Lipinski definition) is 5. The molecule has 29 heavy (non-hydrogen) atoms. The third kappa shape index (κ3) is 4.36. The van der Waals surface area contributed by atoms with Crippen LogP contribution in [0.1, 0.15) is 36.3 Å². The third-order valence-electron chi connectivity index (χ3n) is 5.48. The summed E-state index contributed by atoms with van der Waals surface area (Å²) in [4.78, 5) is 36.8. The largest absolute Gasteiger partial charge is 0.484 e. The lowest BCUT2D eigenvalue weighted by molar-refractivity contribution is -0.132. The Bertz CT molecular complexity index is 919. The lowest BCUT2D eigenvalue weighted by Gasteiger charge is -2.27. The van der Waals surface area contributed by atoms with Gasteiger partial charge in [0.25, 0.3) is 5.91 Å². The zero-order valence-corrected chi connectivity index (χ0v) is 16.3. The molecular formula is C21H23FN4O3. The van der Waals surface area contributed by atoms with E-state index in [1.165, 1.54) is 24.3 Å². The highest BCUT2D eigenvalue weighted by molar-refractivity contribution is 5.78. The Balaban J connectivity index is 1.34. The van der Waals surface area contributed by atoms with E-state index in [9.17, 15) is 14.0 Å². The van der Waals surface area contributed by atoms with Crippen molar-refractivity contribution in [3.63, 3.8) is 0 Å². The van der Waals surface area contributed by atoms with Gasteiger partial charge in [-0.2, -0.15) is 0 Å². The van der Waals surface area contributed by atoms with Crippen LogP contribution in [0.2, 0.25) is 0 Å². The number of benzene rings is 1. The summed E-state index contributed by atoms with van der Waals surface area (Å²) in [5.74, 6) is 0.938. The number of halogens is 1. The number of carbonyl (C=O) groups is 2. The zero-order valence-electron chi connectivity index (χ0n) is 16.3. The van der Waals surface area contributed by atoms with Gasteiger partial charge in [-0.15, -0.1) is 0 Å². The van der Waals surface area contributed by atoms with Gasteiger partial charge >= 0.3 is 0 Å². The van der Waals surface area contributed by atoms with Gasteiger partial charge in [0.05, 0.1) is 5.69 Å². The summed E-state index contributed by atoms with van der Waals surface area (Å²) in [7, 11) is 0. The first-order valence-electron chi connectivity index (χ1n) is 9.76. The van der Waals surface area contributed by atoms with Crippen molar-refractivity contribution in [2.45, 2.75) is 32.2 Å². The van der Waals surface area contributed by atoms with Crippen molar-refractivity contribution in [1.82, 2.24) is 19.8 Å². The molecule has 3 heterocycles. The number of aromatic nitrogens is 2. The minimum absolute atomic E-state index is 0.0625. The molecule has 1 saturated heterocycles. The predicted octanol–water partition coefficient (Wildman–Crippen LogP) is 1.92. The lowest BCUT2D eigenvalue weighted by atomic mass is 10.0. The van der Waals surface area contributed by atoms with Crippen LogP contribution in [0.25, 0.3) is 0 Å². The molecule has 152 valence electrons. The molecule has 2 aliphatic heterocycles. The van der Waals surface area contributed by atoms with E-state index in [0.29, 0.717) is 31.9 Å². The number of ether oxygens (including phenoxy) is 1. The number of likely N-dealkylation sites (tertiary alicyclic amines) is 1. The summed E-state index contributed by atoms with van der Waals surface area (Å²) in [6, 6.07) is 5.61. The van der Waals surface area contributed by atoms with Crippen LogP contribution >= 0.6 is 0 Å². The molecule has 0 bridgehead atoms. The first-order chi connectivity index (χ1) is 14.0. The van der Waals surface area contributed by atoms with Crippen molar-refractivity contribution >= 4 is 11.8 Å². The quantitative estimate of drug-likeness (QED) is 0.787. The minimum atomic E-state index is -0.342. The molecule has 1 aromatic heterocycles. The predicted molar refractivity (Wildman–Crippen MR) is 103 cm³/mol. The highest BCUT2D eigenvalue weighted by Crippen LogP contribution is 2.26. The Labute approximate surface area is 168 Å². The third-order valence-corrected chi connectivity index (χ3v) is 5.48. The number of hydrogen-bond donors (Lipinski definition) is 0. The molecule has 0 unspecified atom stereocenters. The van der Waals surface area contributed by atoms with Crippen molar-refractivity contribution in [2.24, 2.45) is 0 Å². The average Bonchev–Trinajstić information content (AvgIpc) is 3.22. The molecule has 2 aromatic rings. The number of nitrogens with zero attached hydrogens (tertiary/aromatic N) is 4. The first-order valence-corrected chi connectivity index (χ1v) is 9.76. The molecule has 7 nitrogen and oxygen atoms in total. The maximum Gasteiger partial charge on any atom is 0.260 e. The second kappa shape index (κ2) is 8.14. The number of carbonyl (C=O) groups excluding carboxylic acids is 2. The van der Waals surface area contributed by atoms with Crippen molar-refractivity contribution in [3.8, 4) is 5.75 Å². The lowest BCUT2D eigenvalue weighted by Crippen LogP contribution is -2.35. The smallest absolute Gasteiger partial charge is 0.260 e. The van der Waals surface area contributed by atoms with Gasteiger partial charge in [0, 0.05) is 57.2 Å². The Morgan fingerprint density at radius 2 is 2.00 bits per heavy atom. The molecule has 4 rings (SSSR count). The van der Waals surface area contributed by atoms with E-state index in [0.717, 1.165) is 29.9 Å². The monoisotopic (exact) mass is 398 g/mol. The van der Waals surface area contributed by atoms with Gasteiger partial charge in [0.1, 0.15) is 17.4 Å². The molecule has 0 spiro atoms. The Morgan fingerprint density at radius 3 is 2.76 bits per heavy atom. The standard InChI is InChI=1S/C21H23FN4O3/c1-14(27)25-9-7-19-16(12-25)10-23-21(24-19)15-6-8-26(11-15)20(28)13-29-18-4-2-17(22)3-5-18/h2-5,10,15H,6-9,11-13H2,1H3/t15-/m0/s1. The van der Waals surface area contributed by atoms with Crippen LogP contribution < -0.4 is 4.74 Å². The van der Waals surface area contributed by atoms with E-state index in [4.69, 9.17) is 9.72 Å². The van der Waals surface area contributed by atoms with Crippen molar-refractivity contribution in [3.05, 3.63) is 53.4 Å². The summed E-state index contributed by atoms with van der Waals surface area (Å²) in [6.07, 6.45) is 3.35. The topological polar surface area (TPSA) is 75.6 Å². The van der Waals surface area contributed by atoms with Crippen LogP contribution in [0.15, 0.2) is 30.5 Å². The van der Waals surface area contributed by atoms with Crippen molar-refractivity contribution < 1.29 is 18.7 Å². The van der Waals surface area contributed by atoms with Gasteiger partial charge in [0.2, 0.25) is 5.91 Å². The fourth-order valence-corrected chi connectivity index (χ4v) is 3.76. The summed E-state index contributed by atoms with van der Waals surface area (Å²) in [5, 5.41) is 0. The van der Waals surface area contributed by atoms with Crippen molar-refractivity contribution in [2.75, 3.05) is 26.2 Å². The van der Waals surface area contributed by atoms with Gasteiger partial charge in [-0.3, -0.25) is 9.59 Å². The molecule has 2 aliphatic rings. The van der Waals surface area contributed by atoms with E-state index in [1.54, 1.807) is 16.7 Å². The fraction of sp³-hybridized carbons (Fsp3) is 0.429. The van der Waals surface area contributed by atoms with Gasteiger partial charge in [-0.25, -0.2) is 14.4 Å². The van der Waals surface area contributed by atoms with E-state index < -0.39 is 0 Å². The van der Waals surface area contributed by atoms with Crippen LogP contribution in [-0.2, 0) is 22.6 Å². The van der Waals surface area contributed by atoms with E-state index in [1.807, 2.05) is 6.20 Å². The summed E-state index contributed by atoms with van der Waals surface area (Å²) >= 11 is 0.